The van der Waals surface area contributed by atoms with Gasteiger partial charge in [0, 0.05) is 74.6 Å². The Morgan fingerprint density at radius 2 is 1.53 bits per heavy atom. The molecule has 0 saturated carbocycles. The first-order valence-electron chi connectivity index (χ1n) is 17.0. The Hall–Kier alpha value is -3.06. The summed E-state index contributed by atoms with van der Waals surface area (Å²) < 4.78 is 10.9. The average molecular weight is 608 g/mol. The number of rotatable bonds is 7. The van der Waals surface area contributed by atoms with E-state index in [9.17, 15) is 10.1 Å². The molecule has 6 aliphatic rings. The Morgan fingerprint density at radius 1 is 0.867 bits per heavy atom. The number of fused-ring (bicyclic) bond motifs is 3. The van der Waals surface area contributed by atoms with Crippen LogP contribution < -0.4 is 4.90 Å². The number of anilines is 1. The van der Waals surface area contributed by atoms with Crippen molar-refractivity contribution in [3.8, 4) is 6.07 Å². The summed E-state index contributed by atoms with van der Waals surface area (Å²) in [4.78, 5) is 24.7. The molecule has 0 aromatic heterocycles. The van der Waals surface area contributed by atoms with Crippen molar-refractivity contribution in [1.29, 1.82) is 5.26 Å². The van der Waals surface area contributed by atoms with Crippen LogP contribution in [0.2, 0.25) is 0 Å². The molecule has 8 heteroatoms. The van der Waals surface area contributed by atoms with E-state index in [1.807, 2.05) is 18.2 Å². The zero-order valence-corrected chi connectivity index (χ0v) is 26.8. The summed E-state index contributed by atoms with van der Waals surface area (Å²) in [5.74, 6) is 0.154. The van der Waals surface area contributed by atoms with Crippen molar-refractivity contribution >= 4 is 17.0 Å². The third-order valence-corrected chi connectivity index (χ3v) is 11.5. The highest BCUT2D eigenvalue weighted by molar-refractivity contribution is 6.33. The van der Waals surface area contributed by atoms with E-state index in [0.717, 1.165) is 132 Å². The van der Waals surface area contributed by atoms with Gasteiger partial charge in [-0.05, 0) is 77.9 Å². The predicted molar refractivity (Wildman–Crippen MR) is 175 cm³/mol. The molecule has 0 unspecified atom stereocenters. The van der Waals surface area contributed by atoms with Crippen LogP contribution in [0.15, 0.2) is 35.9 Å². The van der Waals surface area contributed by atoms with Crippen molar-refractivity contribution in [3.63, 3.8) is 0 Å². The Balaban J connectivity index is 1.06. The number of hydrogen-bond donors (Lipinski definition) is 0. The van der Waals surface area contributed by atoms with Crippen LogP contribution in [0.25, 0.3) is 5.57 Å². The number of allylic oxidation sites excluding steroid dienone is 2. The fourth-order valence-corrected chi connectivity index (χ4v) is 8.46. The molecule has 0 atom stereocenters. The van der Waals surface area contributed by atoms with Crippen LogP contribution in [-0.2, 0) is 27.7 Å². The molecule has 4 saturated heterocycles. The first-order valence-corrected chi connectivity index (χ1v) is 17.0. The Kier molecular flexibility index (Phi) is 7.58. The summed E-state index contributed by atoms with van der Waals surface area (Å²) in [7, 11) is 0. The van der Waals surface area contributed by atoms with Gasteiger partial charge in [0.05, 0.1) is 50.1 Å². The zero-order chi connectivity index (χ0) is 30.7. The van der Waals surface area contributed by atoms with Crippen molar-refractivity contribution in [1.82, 2.24) is 14.7 Å². The van der Waals surface area contributed by atoms with Crippen molar-refractivity contribution in [2.24, 2.45) is 0 Å². The van der Waals surface area contributed by atoms with Crippen molar-refractivity contribution < 1.29 is 14.3 Å². The van der Waals surface area contributed by atoms with E-state index in [2.05, 4.69) is 51.6 Å². The Morgan fingerprint density at radius 3 is 2.16 bits per heavy atom. The van der Waals surface area contributed by atoms with Gasteiger partial charge in [0.2, 0.25) is 0 Å². The summed E-state index contributed by atoms with van der Waals surface area (Å²) in [6.07, 6.45) is 2.79. The number of nitriles is 1. The van der Waals surface area contributed by atoms with Gasteiger partial charge in [-0.2, -0.15) is 5.26 Å². The fourth-order valence-electron chi connectivity index (χ4n) is 8.46. The molecule has 2 aliphatic carbocycles. The van der Waals surface area contributed by atoms with E-state index in [1.54, 1.807) is 0 Å². The number of piperazine rings is 2. The SMILES string of the molecule is CC1(C)C2=C(C(=O)c3cc(CCCN4CCN(C5COC5)CC4)c(N4CCN(C5COC5)CC4)cc31)c1ccc(C#N)cc1C2. The van der Waals surface area contributed by atoms with Gasteiger partial charge in [-0.1, -0.05) is 19.9 Å². The lowest BCUT2D eigenvalue weighted by Crippen LogP contribution is -2.56. The second kappa shape index (κ2) is 11.6. The molecule has 8 rings (SSSR count). The molecule has 4 heterocycles. The lowest BCUT2D eigenvalue weighted by Gasteiger charge is -2.44. The third kappa shape index (κ3) is 5.14. The molecular formula is C37H45N5O3. The normalized spacial score (nSPS) is 24.1. The number of benzene rings is 2. The second-order valence-electron chi connectivity index (χ2n) is 14.4. The number of carbonyl (C=O) groups is 1. The van der Waals surface area contributed by atoms with E-state index < -0.39 is 0 Å². The maximum Gasteiger partial charge on any atom is 0.193 e. The smallest absolute Gasteiger partial charge is 0.193 e. The van der Waals surface area contributed by atoms with Crippen molar-refractivity contribution in [3.05, 3.63) is 69.3 Å². The maximum absolute atomic E-state index is 14.4. The standard InChI is InChI=1S/C37H45N5O3/c1-37(2)32-19-34(42-14-12-41(13-15-42)29-23-45-24-29)26(4-3-7-39-8-10-40(11-9-39)28-21-44-22-28)17-31(32)36(43)35-30-6-5-25(20-38)16-27(30)18-33(35)37/h5-6,16-17,19,28-29H,3-4,7-15,18,21-24H2,1-2H3. The molecule has 2 aromatic carbocycles. The van der Waals surface area contributed by atoms with Gasteiger partial charge >= 0.3 is 0 Å². The molecule has 0 radical (unpaired) electrons. The monoisotopic (exact) mass is 607 g/mol. The van der Waals surface area contributed by atoms with Crippen LogP contribution in [0.5, 0.6) is 0 Å². The summed E-state index contributed by atoms with van der Waals surface area (Å²) in [6.45, 7) is 17.8. The van der Waals surface area contributed by atoms with Gasteiger partial charge in [0.25, 0.3) is 0 Å². The van der Waals surface area contributed by atoms with Gasteiger partial charge in [0.1, 0.15) is 0 Å². The lowest BCUT2D eigenvalue weighted by atomic mass is 9.68. The Bertz CT molecular complexity index is 1570. The average Bonchev–Trinajstić information content (AvgIpc) is 3.40. The topological polar surface area (TPSA) is 72.3 Å². The quantitative estimate of drug-likeness (QED) is 0.474. The summed E-state index contributed by atoms with van der Waals surface area (Å²) in [5, 5.41) is 9.52. The van der Waals surface area contributed by atoms with Gasteiger partial charge in [-0.25, -0.2) is 0 Å². The van der Waals surface area contributed by atoms with Crippen LogP contribution in [0, 0.1) is 11.3 Å². The van der Waals surface area contributed by atoms with E-state index in [4.69, 9.17) is 9.47 Å². The second-order valence-corrected chi connectivity index (χ2v) is 14.4. The van der Waals surface area contributed by atoms with E-state index in [1.165, 1.54) is 16.8 Å². The fraction of sp³-hybridized carbons (Fsp3) is 0.568. The number of hydrogen-bond acceptors (Lipinski definition) is 8. The molecule has 0 N–H and O–H groups in total. The van der Waals surface area contributed by atoms with E-state index >= 15 is 0 Å². The minimum absolute atomic E-state index is 0.154. The van der Waals surface area contributed by atoms with Crippen LogP contribution in [-0.4, -0.2) is 118 Å². The molecule has 0 bridgehead atoms. The highest BCUT2D eigenvalue weighted by Gasteiger charge is 2.43. The van der Waals surface area contributed by atoms with Gasteiger partial charge in [0.15, 0.2) is 5.78 Å². The molecule has 8 nitrogen and oxygen atoms in total. The summed E-state index contributed by atoms with van der Waals surface area (Å²) >= 11 is 0. The first kappa shape index (κ1) is 29.3. The number of ether oxygens (including phenoxy) is 2. The number of carbonyl (C=O) groups excluding carboxylic acids is 1. The van der Waals surface area contributed by atoms with Crippen LogP contribution >= 0.6 is 0 Å². The van der Waals surface area contributed by atoms with E-state index in [0.29, 0.717) is 17.6 Å². The summed E-state index contributed by atoms with van der Waals surface area (Å²) in [5.41, 5.74) is 9.24. The third-order valence-electron chi connectivity index (χ3n) is 11.5. The number of Topliss-reactive ketones (excluding diaryl/α,β-unsaturated/α-hetero) is 1. The molecule has 0 amide bonds. The van der Waals surface area contributed by atoms with Crippen molar-refractivity contribution in [2.45, 2.75) is 50.6 Å². The molecule has 2 aromatic rings. The largest absolute Gasteiger partial charge is 0.378 e. The number of ketones is 1. The van der Waals surface area contributed by atoms with Crippen LogP contribution in [0.1, 0.15) is 58.4 Å². The number of nitrogens with zero attached hydrogens (tertiary/aromatic N) is 5. The van der Waals surface area contributed by atoms with Crippen molar-refractivity contribution in [2.75, 3.05) is 90.2 Å². The lowest BCUT2D eigenvalue weighted by molar-refractivity contribution is -0.0768. The summed E-state index contributed by atoms with van der Waals surface area (Å²) in [6, 6.07) is 14.0. The van der Waals surface area contributed by atoms with Crippen LogP contribution in [0.4, 0.5) is 5.69 Å². The molecule has 4 fully saturated rings. The van der Waals surface area contributed by atoms with Gasteiger partial charge < -0.3 is 19.3 Å². The van der Waals surface area contributed by atoms with Gasteiger partial charge in [-0.15, -0.1) is 0 Å². The zero-order valence-electron chi connectivity index (χ0n) is 26.8. The first-order chi connectivity index (χ1) is 21.9. The van der Waals surface area contributed by atoms with E-state index in [-0.39, 0.29) is 11.2 Å². The van der Waals surface area contributed by atoms with Crippen LogP contribution in [0.3, 0.4) is 0 Å². The molecule has 236 valence electrons. The Labute approximate surface area is 267 Å². The minimum atomic E-state index is -0.270. The molecular weight excluding hydrogens is 562 g/mol. The highest BCUT2D eigenvalue weighted by Crippen LogP contribution is 2.51. The predicted octanol–water partition coefficient (Wildman–Crippen LogP) is 3.51. The van der Waals surface area contributed by atoms with Gasteiger partial charge in [-0.3, -0.25) is 14.6 Å². The minimum Gasteiger partial charge on any atom is -0.378 e. The molecule has 45 heavy (non-hydrogen) atoms. The molecule has 0 spiro atoms. The highest BCUT2D eigenvalue weighted by atomic mass is 16.5. The maximum atomic E-state index is 14.4. The number of aryl methyl sites for hydroxylation is 1. The molecule has 4 aliphatic heterocycles.